The van der Waals surface area contributed by atoms with E-state index in [1.165, 1.54) is 0 Å². The number of nitrogens with zero attached hydrogens (tertiary/aromatic N) is 4. The fraction of sp³-hybridized carbons (Fsp3) is 0.368. The van der Waals surface area contributed by atoms with Gasteiger partial charge in [-0.05, 0) is 37.8 Å². The second-order valence-corrected chi connectivity index (χ2v) is 9.02. The molecule has 158 valence electrons. The van der Waals surface area contributed by atoms with Gasteiger partial charge in [0.05, 0.1) is 21.9 Å². The topological polar surface area (TPSA) is 125 Å². The number of carbonyl (C=O) groups is 1. The predicted molar refractivity (Wildman–Crippen MR) is 119 cm³/mol. The zero-order valence-corrected chi connectivity index (χ0v) is 18.4. The lowest BCUT2D eigenvalue weighted by Crippen LogP contribution is -2.38. The normalized spacial score (nSPS) is 21.7. The number of hydrogen-bond donors (Lipinski definition) is 3. The van der Waals surface area contributed by atoms with E-state index < -0.39 is 5.41 Å². The van der Waals surface area contributed by atoms with E-state index in [4.69, 9.17) is 46.3 Å². The average molecular weight is 469 g/mol. The third-order valence-corrected chi connectivity index (χ3v) is 6.53. The number of nitrogen functional groups attached to an aromatic ring is 1. The van der Waals surface area contributed by atoms with Gasteiger partial charge in [-0.1, -0.05) is 41.7 Å². The van der Waals surface area contributed by atoms with Crippen LogP contribution in [0, 0.1) is 5.41 Å². The maximum atomic E-state index is 11.9. The third kappa shape index (κ3) is 3.75. The molecule has 1 saturated carbocycles. The summed E-state index contributed by atoms with van der Waals surface area (Å²) in [6, 6.07) is 3.23. The fourth-order valence-corrected chi connectivity index (χ4v) is 4.77. The molecule has 11 heteroatoms. The van der Waals surface area contributed by atoms with Crippen LogP contribution in [0.15, 0.2) is 18.3 Å². The molecular weight excluding hydrogens is 449 g/mol. The van der Waals surface area contributed by atoms with Crippen molar-refractivity contribution in [3.63, 3.8) is 0 Å². The number of hydrogen-bond acceptors (Lipinski definition) is 6. The molecule has 0 saturated heterocycles. The van der Waals surface area contributed by atoms with Gasteiger partial charge in [0, 0.05) is 16.5 Å². The molecule has 30 heavy (non-hydrogen) atoms. The number of fused-ring (bicyclic) bond motifs is 1. The number of aromatic nitrogens is 4. The van der Waals surface area contributed by atoms with E-state index in [1.807, 2.05) is 11.5 Å². The Morgan fingerprint density at radius 1 is 1.20 bits per heavy atom. The molecule has 0 aliphatic heterocycles. The van der Waals surface area contributed by atoms with E-state index in [0.717, 1.165) is 12.8 Å². The highest BCUT2D eigenvalue weighted by atomic mass is 35.5. The number of nitrogens with two attached hydrogens (primary N) is 2. The van der Waals surface area contributed by atoms with Crippen LogP contribution in [0.3, 0.4) is 0 Å². The van der Waals surface area contributed by atoms with Crippen LogP contribution in [0.5, 0.6) is 0 Å². The number of nitrogens with one attached hydrogen (secondary N) is 1. The number of anilines is 3. The standard InChI is InChI=1S/C19H20Cl3N7O/c1-19(16(23)30)4-2-10(3-5-19)29-15-13(8-25-17(24)28-15)26-18(29)27-14-11(21)6-9(20)7-12(14)22/h6-8,10H,2-5H2,1H3,(H2,23,30)(H,26,27)(H2,24,25,28). The smallest absolute Gasteiger partial charge is 0.223 e. The van der Waals surface area contributed by atoms with Gasteiger partial charge in [-0.25, -0.2) is 9.97 Å². The van der Waals surface area contributed by atoms with Crippen molar-refractivity contribution in [1.29, 1.82) is 0 Å². The average Bonchev–Trinajstić information content (AvgIpc) is 3.02. The van der Waals surface area contributed by atoms with Gasteiger partial charge in [0.25, 0.3) is 0 Å². The molecule has 5 N–H and O–H groups in total. The molecular formula is C19H20Cl3N7O. The van der Waals surface area contributed by atoms with Gasteiger partial charge in [-0.3, -0.25) is 9.36 Å². The maximum absolute atomic E-state index is 11.9. The number of rotatable bonds is 4. The minimum Gasteiger partial charge on any atom is -0.369 e. The summed E-state index contributed by atoms with van der Waals surface area (Å²) in [6.45, 7) is 1.91. The Bertz CT molecular complexity index is 1120. The van der Waals surface area contributed by atoms with Crippen molar-refractivity contribution in [2.75, 3.05) is 11.1 Å². The monoisotopic (exact) mass is 467 g/mol. The molecule has 2 heterocycles. The van der Waals surface area contributed by atoms with E-state index >= 15 is 0 Å². The second-order valence-electron chi connectivity index (χ2n) is 7.77. The minimum atomic E-state index is -0.517. The molecule has 8 nitrogen and oxygen atoms in total. The first kappa shape index (κ1) is 21.0. The van der Waals surface area contributed by atoms with Crippen molar-refractivity contribution in [2.24, 2.45) is 11.1 Å². The number of primary amides is 1. The molecule has 0 radical (unpaired) electrons. The highest BCUT2D eigenvalue weighted by molar-refractivity contribution is 6.41. The Labute approximate surface area is 187 Å². The molecule has 0 unspecified atom stereocenters. The largest absolute Gasteiger partial charge is 0.369 e. The molecule has 0 bridgehead atoms. The van der Waals surface area contributed by atoms with Crippen molar-refractivity contribution in [2.45, 2.75) is 38.6 Å². The highest BCUT2D eigenvalue weighted by Gasteiger charge is 2.37. The van der Waals surface area contributed by atoms with Crippen LogP contribution in [-0.2, 0) is 4.79 Å². The van der Waals surface area contributed by atoms with Crippen LogP contribution < -0.4 is 16.8 Å². The van der Waals surface area contributed by atoms with Crippen molar-refractivity contribution in [1.82, 2.24) is 19.5 Å². The number of carbonyl (C=O) groups excluding carboxylic acids is 1. The maximum Gasteiger partial charge on any atom is 0.223 e. The summed E-state index contributed by atoms with van der Waals surface area (Å²) in [4.78, 5) is 24.9. The van der Waals surface area contributed by atoms with E-state index in [-0.39, 0.29) is 17.9 Å². The highest BCUT2D eigenvalue weighted by Crippen LogP contribution is 2.43. The van der Waals surface area contributed by atoms with Gasteiger partial charge in [0.15, 0.2) is 5.65 Å². The fourth-order valence-electron chi connectivity index (χ4n) is 3.86. The number of amides is 1. The van der Waals surface area contributed by atoms with E-state index in [2.05, 4.69) is 20.3 Å². The molecule has 1 amide bonds. The zero-order valence-electron chi connectivity index (χ0n) is 16.1. The number of imidazole rings is 1. The summed E-state index contributed by atoms with van der Waals surface area (Å²) < 4.78 is 1.97. The predicted octanol–water partition coefficient (Wildman–Crippen LogP) is 4.72. The van der Waals surface area contributed by atoms with Crippen LogP contribution in [0.1, 0.15) is 38.6 Å². The third-order valence-electron chi connectivity index (χ3n) is 5.71. The zero-order chi connectivity index (χ0) is 21.6. The summed E-state index contributed by atoms with van der Waals surface area (Å²) in [5.41, 5.74) is 12.6. The van der Waals surface area contributed by atoms with Gasteiger partial charge in [0.1, 0.15) is 5.52 Å². The van der Waals surface area contributed by atoms with Crippen LogP contribution in [0.2, 0.25) is 15.1 Å². The first-order chi connectivity index (χ1) is 14.2. The summed E-state index contributed by atoms with van der Waals surface area (Å²) >= 11 is 18.7. The Kier molecular flexibility index (Phi) is 5.42. The number of benzene rings is 1. The number of halogens is 3. The van der Waals surface area contributed by atoms with Crippen LogP contribution >= 0.6 is 34.8 Å². The van der Waals surface area contributed by atoms with Gasteiger partial charge >= 0.3 is 0 Å². The summed E-state index contributed by atoms with van der Waals surface area (Å²) in [7, 11) is 0. The Hall–Kier alpha value is -2.29. The lowest BCUT2D eigenvalue weighted by atomic mass is 9.73. The molecule has 3 aromatic rings. The SMILES string of the molecule is CC1(C(N)=O)CCC(n2c(Nc3c(Cl)cc(Cl)cc3Cl)nc3cnc(N)nc32)CC1. The molecule has 0 atom stereocenters. The minimum absolute atomic E-state index is 0.0316. The van der Waals surface area contributed by atoms with Gasteiger partial charge < -0.3 is 16.8 Å². The summed E-state index contributed by atoms with van der Waals surface area (Å²) in [6.07, 6.45) is 4.35. The molecule has 2 aromatic heterocycles. The molecule has 0 spiro atoms. The van der Waals surface area contributed by atoms with Crippen LogP contribution in [0.4, 0.5) is 17.6 Å². The molecule has 1 aliphatic carbocycles. The van der Waals surface area contributed by atoms with Crippen LogP contribution in [-0.4, -0.2) is 25.4 Å². The Morgan fingerprint density at radius 2 is 1.83 bits per heavy atom. The molecule has 1 aromatic carbocycles. The van der Waals surface area contributed by atoms with Crippen LogP contribution in [0.25, 0.3) is 11.2 Å². The van der Waals surface area contributed by atoms with Gasteiger partial charge in [0.2, 0.25) is 17.8 Å². The summed E-state index contributed by atoms with van der Waals surface area (Å²) in [5.74, 6) is 0.375. The first-order valence-corrected chi connectivity index (χ1v) is 10.5. The Morgan fingerprint density at radius 3 is 2.43 bits per heavy atom. The molecule has 4 rings (SSSR count). The lowest BCUT2D eigenvalue weighted by molar-refractivity contribution is -0.128. The molecule has 1 aliphatic rings. The first-order valence-electron chi connectivity index (χ1n) is 9.40. The van der Waals surface area contributed by atoms with E-state index in [0.29, 0.717) is 50.7 Å². The Balaban J connectivity index is 1.77. The van der Waals surface area contributed by atoms with Gasteiger partial charge in [-0.15, -0.1) is 0 Å². The van der Waals surface area contributed by atoms with Crippen molar-refractivity contribution in [3.05, 3.63) is 33.4 Å². The van der Waals surface area contributed by atoms with Gasteiger partial charge in [-0.2, -0.15) is 4.98 Å². The van der Waals surface area contributed by atoms with Crippen molar-refractivity contribution < 1.29 is 4.79 Å². The van der Waals surface area contributed by atoms with Crippen molar-refractivity contribution >= 4 is 69.5 Å². The second kappa shape index (κ2) is 7.76. The molecule has 1 fully saturated rings. The lowest BCUT2D eigenvalue weighted by Gasteiger charge is -2.35. The van der Waals surface area contributed by atoms with E-state index in [9.17, 15) is 4.79 Å². The quantitative estimate of drug-likeness (QED) is 0.509. The van der Waals surface area contributed by atoms with Crippen molar-refractivity contribution in [3.8, 4) is 0 Å². The van der Waals surface area contributed by atoms with E-state index in [1.54, 1.807) is 18.3 Å². The summed E-state index contributed by atoms with van der Waals surface area (Å²) in [5, 5.41) is 4.37.